The number of piperidine rings is 1. The number of carbonyl (C=O) groups excluding carboxylic acids is 1. The molecule has 2 saturated heterocycles. The van der Waals surface area contributed by atoms with E-state index in [9.17, 15) is 4.79 Å². The van der Waals surface area contributed by atoms with Crippen molar-refractivity contribution < 1.29 is 4.79 Å². The number of rotatable bonds is 2. The molecule has 1 aromatic carbocycles. The smallest absolute Gasteiger partial charge is 0.248 e. The van der Waals surface area contributed by atoms with E-state index in [1.807, 2.05) is 16.6 Å². The lowest BCUT2D eigenvalue weighted by Gasteiger charge is -2.34. The highest BCUT2D eigenvalue weighted by molar-refractivity contribution is 6.14. The molecule has 3 nitrogen and oxygen atoms in total. The van der Waals surface area contributed by atoms with Crippen LogP contribution in [-0.4, -0.2) is 22.4 Å². The molecule has 2 aliphatic rings. The largest absolute Gasteiger partial charge is 0.366 e. The van der Waals surface area contributed by atoms with E-state index in [1.165, 1.54) is 18.4 Å². The highest BCUT2D eigenvalue weighted by Gasteiger charge is 2.40. The number of primary amides is 1. The zero-order chi connectivity index (χ0) is 12.7. The Labute approximate surface area is 112 Å². The van der Waals surface area contributed by atoms with E-state index in [4.69, 9.17) is 17.5 Å². The lowest BCUT2D eigenvalue weighted by molar-refractivity contribution is 0.1000. The van der Waals surface area contributed by atoms with Gasteiger partial charge in [0.2, 0.25) is 5.91 Å². The maximum atomic E-state index is 11.2. The summed E-state index contributed by atoms with van der Waals surface area (Å²) < 4.78 is 2.01. The summed E-state index contributed by atoms with van der Waals surface area (Å²) in [5, 5.41) is 0. The molecule has 96 valence electrons. The van der Waals surface area contributed by atoms with Crippen molar-refractivity contribution in [2.45, 2.75) is 43.7 Å². The minimum atomic E-state index is -0.352. The van der Waals surface area contributed by atoms with Crippen LogP contribution in [0.4, 0.5) is 0 Å². The first-order valence-corrected chi connectivity index (χ1v) is 6.83. The average molecular weight is 265 g/mol. The second-order valence-electron chi connectivity index (χ2n) is 5.39. The van der Waals surface area contributed by atoms with Gasteiger partial charge in [-0.3, -0.25) is 4.79 Å². The van der Waals surface area contributed by atoms with Crippen molar-refractivity contribution in [1.29, 1.82) is 0 Å². The van der Waals surface area contributed by atoms with Crippen LogP contribution in [0.2, 0.25) is 0 Å². The summed E-state index contributed by atoms with van der Waals surface area (Å²) in [7, 11) is 0. The van der Waals surface area contributed by atoms with E-state index in [0.717, 1.165) is 12.8 Å². The van der Waals surface area contributed by atoms with Crippen molar-refractivity contribution in [2.24, 2.45) is 5.73 Å². The van der Waals surface area contributed by atoms with E-state index in [1.54, 1.807) is 6.07 Å². The zero-order valence-corrected chi connectivity index (χ0v) is 10.9. The van der Waals surface area contributed by atoms with Gasteiger partial charge in [-0.15, -0.1) is 0 Å². The molecule has 0 aliphatic carbocycles. The third-order valence-electron chi connectivity index (χ3n) is 4.29. The van der Waals surface area contributed by atoms with Gasteiger partial charge in [0.05, 0.1) is 0 Å². The van der Waals surface area contributed by atoms with Crippen LogP contribution in [0, 0.1) is 0 Å². The van der Waals surface area contributed by atoms with Gasteiger partial charge < -0.3 is 5.73 Å². The molecule has 3 rings (SSSR count). The predicted molar refractivity (Wildman–Crippen MR) is 71.4 cm³/mol. The molecule has 18 heavy (non-hydrogen) atoms. The number of nitrogens with two attached hydrogens (primary N) is 1. The van der Waals surface area contributed by atoms with Crippen LogP contribution >= 0.6 is 11.8 Å². The van der Waals surface area contributed by atoms with E-state index in [-0.39, 0.29) is 5.91 Å². The standard InChI is InChI=1S/C14H17ClN2O/c15-17-12-4-5-13(17)8-11(7-12)9-2-1-3-10(6-9)14(16)18/h1-3,6,11-13H,4-5,7-8H2,(H2,16,18). The number of hydrogen-bond donors (Lipinski definition) is 1. The first-order valence-electron chi connectivity index (χ1n) is 6.49. The fraction of sp³-hybridized carbons (Fsp3) is 0.500. The number of halogens is 1. The fourth-order valence-electron chi connectivity index (χ4n) is 3.34. The molecular weight excluding hydrogens is 248 g/mol. The van der Waals surface area contributed by atoms with Crippen molar-refractivity contribution in [3.8, 4) is 0 Å². The molecule has 0 radical (unpaired) electrons. The van der Waals surface area contributed by atoms with Gasteiger partial charge in [-0.05, 0) is 61.1 Å². The van der Waals surface area contributed by atoms with Gasteiger partial charge >= 0.3 is 0 Å². The van der Waals surface area contributed by atoms with Crippen LogP contribution < -0.4 is 5.73 Å². The molecule has 2 fully saturated rings. The Kier molecular flexibility index (Phi) is 3.04. The molecule has 2 bridgehead atoms. The van der Waals surface area contributed by atoms with Crippen LogP contribution in [0.1, 0.15) is 47.5 Å². The van der Waals surface area contributed by atoms with Crippen LogP contribution in [0.25, 0.3) is 0 Å². The number of nitrogens with zero attached hydrogens (tertiary/aromatic N) is 1. The minimum absolute atomic E-state index is 0.352. The number of amides is 1. The van der Waals surface area contributed by atoms with Crippen molar-refractivity contribution in [2.75, 3.05) is 0 Å². The zero-order valence-electron chi connectivity index (χ0n) is 10.2. The summed E-state index contributed by atoms with van der Waals surface area (Å²) in [4.78, 5) is 11.2. The van der Waals surface area contributed by atoms with Crippen molar-refractivity contribution in [3.63, 3.8) is 0 Å². The molecule has 2 N–H and O–H groups in total. The molecule has 0 aromatic heterocycles. The maximum Gasteiger partial charge on any atom is 0.248 e. The lowest BCUT2D eigenvalue weighted by atomic mass is 9.85. The molecule has 2 aliphatic heterocycles. The highest BCUT2D eigenvalue weighted by atomic mass is 35.5. The Bertz CT molecular complexity index is 463. The summed E-state index contributed by atoms with van der Waals surface area (Å²) in [5.41, 5.74) is 7.17. The molecule has 0 spiro atoms. The Hall–Kier alpha value is -1.06. The Balaban J connectivity index is 1.84. The molecule has 0 saturated carbocycles. The third kappa shape index (κ3) is 2.02. The summed E-state index contributed by atoms with van der Waals surface area (Å²) in [6.45, 7) is 0. The monoisotopic (exact) mass is 264 g/mol. The summed E-state index contributed by atoms with van der Waals surface area (Å²) in [5.74, 6) is 0.159. The predicted octanol–water partition coefficient (Wildman–Crippen LogP) is 2.65. The van der Waals surface area contributed by atoms with Gasteiger partial charge in [-0.25, -0.2) is 4.42 Å². The molecule has 4 heteroatoms. The van der Waals surface area contributed by atoms with Gasteiger partial charge in [-0.1, -0.05) is 12.1 Å². The third-order valence-corrected chi connectivity index (χ3v) is 4.84. The van der Waals surface area contributed by atoms with Crippen LogP contribution in [0.3, 0.4) is 0 Å². The topological polar surface area (TPSA) is 46.3 Å². The number of fused-ring (bicyclic) bond motifs is 2. The Morgan fingerprint density at radius 3 is 2.56 bits per heavy atom. The fourth-order valence-corrected chi connectivity index (χ4v) is 3.69. The molecule has 1 amide bonds. The van der Waals surface area contributed by atoms with Gasteiger partial charge in [-0.2, -0.15) is 0 Å². The lowest BCUT2D eigenvalue weighted by Crippen LogP contribution is -2.35. The van der Waals surface area contributed by atoms with Gasteiger partial charge in [0.15, 0.2) is 0 Å². The number of hydrogen-bond acceptors (Lipinski definition) is 2. The molecule has 2 heterocycles. The summed E-state index contributed by atoms with van der Waals surface area (Å²) in [6, 6.07) is 8.72. The Morgan fingerprint density at radius 1 is 1.28 bits per heavy atom. The van der Waals surface area contributed by atoms with Gasteiger partial charge in [0, 0.05) is 17.6 Å². The van der Waals surface area contributed by atoms with Crippen molar-refractivity contribution in [1.82, 2.24) is 4.42 Å². The first-order chi connectivity index (χ1) is 8.65. The van der Waals surface area contributed by atoms with Crippen LogP contribution in [0.15, 0.2) is 24.3 Å². The van der Waals surface area contributed by atoms with E-state index >= 15 is 0 Å². The van der Waals surface area contributed by atoms with Gasteiger partial charge in [0.1, 0.15) is 0 Å². The van der Waals surface area contributed by atoms with Gasteiger partial charge in [0.25, 0.3) is 0 Å². The molecule has 1 aromatic rings. The molecule has 2 atom stereocenters. The number of benzene rings is 1. The molecular formula is C14H17ClN2O. The SMILES string of the molecule is NC(=O)c1cccc(C2CC3CCC(C2)N3Cl)c1. The second kappa shape index (κ2) is 4.56. The normalized spacial score (nSPS) is 31.5. The highest BCUT2D eigenvalue weighted by Crippen LogP contribution is 2.43. The average Bonchev–Trinajstić information content (AvgIpc) is 2.61. The van der Waals surface area contributed by atoms with E-state index in [0.29, 0.717) is 23.6 Å². The second-order valence-corrected chi connectivity index (χ2v) is 5.78. The summed E-state index contributed by atoms with van der Waals surface area (Å²) >= 11 is 6.27. The van der Waals surface area contributed by atoms with Crippen molar-refractivity contribution >= 4 is 17.7 Å². The maximum absolute atomic E-state index is 11.2. The van der Waals surface area contributed by atoms with Crippen LogP contribution in [0.5, 0.6) is 0 Å². The number of carbonyl (C=O) groups is 1. The van der Waals surface area contributed by atoms with E-state index in [2.05, 4.69) is 6.07 Å². The van der Waals surface area contributed by atoms with E-state index < -0.39 is 0 Å². The quantitative estimate of drug-likeness (QED) is 0.835. The summed E-state index contributed by atoms with van der Waals surface area (Å²) in [6.07, 6.45) is 4.56. The van der Waals surface area contributed by atoms with Crippen LogP contribution in [-0.2, 0) is 0 Å². The first kappa shape index (κ1) is 12.0. The Morgan fingerprint density at radius 2 is 1.94 bits per heavy atom. The minimum Gasteiger partial charge on any atom is -0.366 e. The van der Waals surface area contributed by atoms with Crippen molar-refractivity contribution in [3.05, 3.63) is 35.4 Å². The molecule has 2 unspecified atom stereocenters.